The van der Waals surface area contributed by atoms with Crippen LogP contribution >= 0.6 is 34.2 Å². The minimum atomic E-state index is 0.273. The molecule has 0 aliphatic heterocycles. The number of benzene rings is 1. The summed E-state index contributed by atoms with van der Waals surface area (Å²) < 4.78 is 0.273. The first-order valence-electron chi connectivity index (χ1n) is 4.88. The molecule has 0 bridgehead atoms. The molecule has 0 aliphatic rings. The van der Waals surface area contributed by atoms with E-state index in [1.54, 1.807) is 0 Å². The third-order valence-electron chi connectivity index (χ3n) is 2.14. The van der Waals surface area contributed by atoms with E-state index >= 15 is 0 Å². The Labute approximate surface area is 105 Å². The number of aryl methyl sites for hydroxylation is 1. The molecule has 0 atom stereocenters. The van der Waals surface area contributed by atoms with Crippen LogP contribution in [0.2, 0.25) is 5.02 Å². The summed E-state index contributed by atoms with van der Waals surface area (Å²) in [5.74, 6) is 0. The third-order valence-corrected chi connectivity index (χ3v) is 2.87. The lowest BCUT2D eigenvalue weighted by Gasteiger charge is -2.17. The van der Waals surface area contributed by atoms with E-state index in [2.05, 4.69) is 61.6 Å². The van der Waals surface area contributed by atoms with Crippen LogP contribution in [0.1, 0.15) is 31.9 Å². The molecule has 0 nitrogen and oxygen atoms in total. The van der Waals surface area contributed by atoms with Gasteiger partial charge in [0.05, 0.1) is 0 Å². The fourth-order valence-electron chi connectivity index (χ4n) is 1.41. The minimum Gasteiger partial charge on any atom is -0.0840 e. The molecular formula is C12H16ClI. The Hall–Kier alpha value is 0.240. The van der Waals surface area contributed by atoms with E-state index in [0.717, 1.165) is 17.9 Å². The summed E-state index contributed by atoms with van der Waals surface area (Å²) in [5, 5.41) is 0.911. The van der Waals surface area contributed by atoms with Gasteiger partial charge in [-0.2, -0.15) is 0 Å². The van der Waals surface area contributed by atoms with E-state index in [4.69, 9.17) is 11.6 Å². The summed E-state index contributed by atoms with van der Waals surface area (Å²) in [7, 11) is 0. The number of hydrogen-bond acceptors (Lipinski definition) is 0. The molecule has 2 heteroatoms. The fraction of sp³-hybridized carbons (Fsp3) is 0.500. The van der Waals surface area contributed by atoms with Gasteiger partial charge in [0.1, 0.15) is 0 Å². The highest BCUT2D eigenvalue weighted by Gasteiger charge is 2.15. The van der Waals surface area contributed by atoms with Crippen LogP contribution in [-0.4, -0.2) is 3.42 Å². The second-order valence-corrected chi connectivity index (χ2v) is 7.50. The Bertz CT molecular complexity index is 313. The molecule has 1 aromatic rings. The molecule has 78 valence electrons. The number of hydrogen-bond donors (Lipinski definition) is 0. The van der Waals surface area contributed by atoms with Crippen molar-refractivity contribution in [2.75, 3.05) is 0 Å². The molecule has 0 unspecified atom stereocenters. The van der Waals surface area contributed by atoms with Crippen LogP contribution in [0.3, 0.4) is 0 Å². The summed E-state index contributed by atoms with van der Waals surface area (Å²) in [6, 6.07) is 6.41. The average molecular weight is 323 g/mol. The first kappa shape index (κ1) is 12.3. The number of alkyl halides is 1. The van der Waals surface area contributed by atoms with Crippen molar-refractivity contribution in [3.8, 4) is 0 Å². The van der Waals surface area contributed by atoms with Gasteiger partial charge in [0.2, 0.25) is 0 Å². The molecule has 0 saturated carbocycles. The topological polar surface area (TPSA) is 0 Å². The SMILES string of the molecule is CCc1ccc(CC(C)(C)I)c(Cl)c1. The van der Waals surface area contributed by atoms with Gasteiger partial charge in [0.15, 0.2) is 0 Å². The largest absolute Gasteiger partial charge is 0.0840 e. The molecule has 0 N–H and O–H groups in total. The van der Waals surface area contributed by atoms with Crippen molar-refractivity contribution in [3.63, 3.8) is 0 Å². The predicted octanol–water partition coefficient (Wildman–Crippen LogP) is 4.66. The van der Waals surface area contributed by atoms with Gasteiger partial charge in [-0.15, -0.1) is 0 Å². The first-order chi connectivity index (χ1) is 6.42. The molecule has 1 aromatic carbocycles. The van der Waals surface area contributed by atoms with Crippen molar-refractivity contribution >= 4 is 34.2 Å². The van der Waals surface area contributed by atoms with E-state index in [1.807, 2.05) is 0 Å². The molecule has 14 heavy (non-hydrogen) atoms. The van der Waals surface area contributed by atoms with Crippen molar-refractivity contribution < 1.29 is 0 Å². The normalized spacial score (nSPS) is 11.8. The lowest BCUT2D eigenvalue weighted by molar-refractivity contribution is 0.744. The smallest absolute Gasteiger partial charge is 0.0441 e. The maximum atomic E-state index is 6.21. The van der Waals surface area contributed by atoms with Crippen LogP contribution in [0, 0.1) is 0 Å². The molecule has 0 radical (unpaired) electrons. The molecule has 0 fully saturated rings. The lowest BCUT2D eigenvalue weighted by Crippen LogP contribution is -2.13. The van der Waals surface area contributed by atoms with Crippen molar-refractivity contribution in [1.29, 1.82) is 0 Å². The van der Waals surface area contributed by atoms with E-state index in [9.17, 15) is 0 Å². The van der Waals surface area contributed by atoms with Crippen molar-refractivity contribution in [2.45, 2.75) is 37.0 Å². The van der Waals surface area contributed by atoms with Gasteiger partial charge in [0, 0.05) is 8.44 Å². The van der Waals surface area contributed by atoms with Gasteiger partial charge in [-0.05, 0) is 30.0 Å². The summed E-state index contributed by atoms with van der Waals surface area (Å²) >= 11 is 8.67. The minimum absolute atomic E-state index is 0.273. The summed E-state index contributed by atoms with van der Waals surface area (Å²) in [6.45, 7) is 6.59. The molecule has 1 rings (SSSR count). The maximum absolute atomic E-state index is 6.21. The molecule has 0 saturated heterocycles. The first-order valence-corrected chi connectivity index (χ1v) is 6.34. The van der Waals surface area contributed by atoms with Crippen LogP contribution in [0.25, 0.3) is 0 Å². The van der Waals surface area contributed by atoms with E-state index in [0.29, 0.717) is 0 Å². The average Bonchev–Trinajstić information content (AvgIpc) is 2.06. The molecular weight excluding hydrogens is 306 g/mol. The zero-order valence-corrected chi connectivity index (χ0v) is 11.8. The maximum Gasteiger partial charge on any atom is 0.0441 e. The highest BCUT2D eigenvalue weighted by molar-refractivity contribution is 14.1. The quantitative estimate of drug-likeness (QED) is 0.561. The third kappa shape index (κ3) is 3.77. The van der Waals surface area contributed by atoms with Gasteiger partial charge < -0.3 is 0 Å². The highest BCUT2D eigenvalue weighted by atomic mass is 127. The Morgan fingerprint density at radius 1 is 1.36 bits per heavy atom. The lowest BCUT2D eigenvalue weighted by atomic mass is 10.0. The zero-order valence-electron chi connectivity index (χ0n) is 8.90. The van der Waals surface area contributed by atoms with E-state index < -0.39 is 0 Å². The molecule has 0 amide bonds. The van der Waals surface area contributed by atoms with Crippen LogP contribution in [0.4, 0.5) is 0 Å². The van der Waals surface area contributed by atoms with Crippen molar-refractivity contribution in [3.05, 3.63) is 34.3 Å². The monoisotopic (exact) mass is 322 g/mol. The van der Waals surface area contributed by atoms with Gasteiger partial charge >= 0.3 is 0 Å². The van der Waals surface area contributed by atoms with Gasteiger partial charge in [-0.3, -0.25) is 0 Å². The molecule has 0 aliphatic carbocycles. The number of halogens is 2. The van der Waals surface area contributed by atoms with Crippen LogP contribution in [0.5, 0.6) is 0 Å². The second kappa shape index (κ2) is 4.84. The summed E-state index contributed by atoms with van der Waals surface area (Å²) in [4.78, 5) is 0. The summed E-state index contributed by atoms with van der Waals surface area (Å²) in [6.07, 6.45) is 2.07. The fourth-order valence-corrected chi connectivity index (χ4v) is 2.09. The van der Waals surface area contributed by atoms with Gasteiger partial charge in [-0.25, -0.2) is 0 Å². The van der Waals surface area contributed by atoms with Gasteiger partial charge in [0.25, 0.3) is 0 Å². The van der Waals surface area contributed by atoms with E-state index in [-0.39, 0.29) is 3.42 Å². The molecule has 0 spiro atoms. The van der Waals surface area contributed by atoms with Crippen molar-refractivity contribution in [2.24, 2.45) is 0 Å². The van der Waals surface area contributed by atoms with Gasteiger partial charge in [-0.1, -0.05) is 67.1 Å². The standard InChI is InChI=1S/C12H16ClI/c1-4-9-5-6-10(11(13)7-9)8-12(2,3)14/h5-7H,4,8H2,1-3H3. The number of rotatable bonds is 3. The van der Waals surface area contributed by atoms with Crippen molar-refractivity contribution in [1.82, 2.24) is 0 Å². The Kier molecular flexibility index (Phi) is 4.26. The Morgan fingerprint density at radius 2 is 2.00 bits per heavy atom. The van der Waals surface area contributed by atoms with Crippen LogP contribution < -0.4 is 0 Å². The zero-order chi connectivity index (χ0) is 10.8. The predicted molar refractivity (Wildman–Crippen MR) is 72.6 cm³/mol. The van der Waals surface area contributed by atoms with Crippen LogP contribution in [-0.2, 0) is 12.8 Å². The molecule has 0 heterocycles. The highest BCUT2D eigenvalue weighted by Crippen LogP contribution is 2.27. The summed E-state index contributed by atoms with van der Waals surface area (Å²) in [5.41, 5.74) is 2.56. The van der Waals surface area contributed by atoms with E-state index in [1.165, 1.54) is 11.1 Å². The Balaban J connectivity index is 2.89. The van der Waals surface area contributed by atoms with Crippen LogP contribution in [0.15, 0.2) is 18.2 Å². The second-order valence-electron chi connectivity index (χ2n) is 4.17. The Morgan fingerprint density at radius 3 is 2.43 bits per heavy atom. The molecule has 0 aromatic heterocycles.